The van der Waals surface area contributed by atoms with E-state index in [0.29, 0.717) is 24.4 Å². The maximum Gasteiger partial charge on any atom is 0.340 e. The van der Waals surface area contributed by atoms with Crippen molar-refractivity contribution >= 4 is 27.3 Å². The Kier molecular flexibility index (Phi) is 7.05. The first-order valence-corrected chi connectivity index (χ1v) is 12.4. The highest BCUT2D eigenvalue weighted by molar-refractivity contribution is 7.91. The standard InChI is InChI=1S/C20H32N2O5S2/c1-20(2)8-5-6-14(12-20)22-10-7-15-16(13-22)28-19(17(15)18(23)27-4)29(24,25)21-9-11-26-3/h14,21H,5-13H2,1-4H3. The van der Waals surface area contributed by atoms with Crippen molar-refractivity contribution < 1.29 is 22.7 Å². The summed E-state index contributed by atoms with van der Waals surface area (Å²) in [5.41, 5.74) is 1.39. The number of esters is 1. The van der Waals surface area contributed by atoms with Crippen LogP contribution in [-0.4, -0.2) is 59.2 Å². The van der Waals surface area contributed by atoms with Crippen molar-refractivity contribution in [2.45, 2.75) is 62.7 Å². The topological polar surface area (TPSA) is 84.9 Å². The fourth-order valence-corrected chi connectivity index (χ4v) is 7.49. The molecule has 29 heavy (non-hydrogen) atoms. The van der Waals surface area contributed by atoms with Crippen molar-refractivity contribution in [3.8, 4) is 0 Å². The number of sulfonamides is 1. The number of ether oxygens (including phenoxy) is 2. The monoisotopic (exact) mass is 444 g/mol. The van der Waals surface area contributed by atoms with Gasteiger partial charge in [0, 0.05) is 37.7 Å². The van der Waals surface area contributed by atoms with Gasteiger partial charge in [0.1, 0.15) is 4.21 Å². The second-order valence-electron chi connectivity index (χ2n) is 8.68. The fourth-order valence-electron chi connectivity index (χ4n) is 4.52. The van der Waals surface area contributed by atoms with Crippen LogP contribution < -0.4 is 4.72 Å². The summed E-state index contributed by atoms with van der Waals surface area (Å²) < 4.78 is 38.2. The highest BCUT2D eigenvalue weighted by Crippen LogP contribution is 2.41. The van der Waals surface area contributed by atoms with Gasteiger partial charge in [0.25, 0.3) is 10.0 Å². The second-order valence-corrected chi connectivity index (χ2v) is 11.8. The molecule has 0 aromatic carbocycles. The van der Waals surface area contributed by atoms with Crippen LogP contribution >= 0.6 is 11.3 Å². The van der Waals surface area contributed by atoms with Crippen LogP contribution in [0.3, 0.4) is 0 Å². The van der Waals surface area contributed by atoms with Crippen molar-refractivity contribution in [3.63, 3.8) is 0 Å². The Balaban J connectivity index is 1.89. The molecule has 1 unspecified atom stereocenters. The highest BCUT2D eigenvalue weighted by atomic mass is 32.2. The van der Waals surface area contributed by atoms with Gasteiger partial charge in [-0.05, 0) is 36.7 Å². The van der Waals surface area contributed by atoms with E-state index in [1.807, 2.05) is 0 Å². The molecule has 3 rings (SSSR count). The molecule has 1 N–H and O–H groups in total. The van der Waals surface area contributed by atoms with Gasteiger partial charge in [-0.25, -0.2) is 17.9 Å². The third-order valence-electron chi connectivity index (χ3n) is 5.98. The van der Waals surface area contributed by atoms with Crippen LogP contribution in [0, 0.1) is 5.41 Å². The number of carbonyl (C=O) groups excluding carboxylic acids is 1. The van der Waals surface area contributed by atoms with Crippen LogP contribution in [0.15, 0.2) is 4.21 Å². The van der Waals surface area contributed by atoms with Gasteiger partial charge < -0.3 is 9.47 Å². The maximum atomic E-state index is 12.9. The van der Waals surface area contributed by atoms with Gasteiger partial charge in [-0.2, -0.15) is 0 Å². The van der Waals surface area contributed by atoms with Crippen LogP contribution in [-0.2, 0) is 32.5 Å². The van der Waals surface area contributed by atoms with Gasteiger partial charge in [0.15, 0.2) is 0 Å². The van der Waals surface area contributed by atoms with E-state index in [-0.39, 0.29) is 22.9 Å². The average Bonchev–Trinajstić information content (AvgIpc) is 3.06. The van der Waals surface area contributed by atoms with Crippen LogP contribution in [0.25, 0.3) is 0 Å². The Bertz CT molecular complexity index is 847. The van der Waals surface area contributed by atoms with Gasteiger partial charge in [-0.3, -0.25) is 4.90 Å². The number of methoxy groups -OCH3 is 2. The van der Waals surface area contributed by atoms with E-state index in [4.69, 9.17) is 9.47 Å². The summed E-state index contributed by atoms with van der Waals surface area (Å²) in [5, 5.41) is 0. The molecule has 1 aliphatic heterocycles. The molecule has 0 radical (unpaired) electrons. The molecular formula is C20H32N2O5S2. The minimum Gasteiger partial charge on any atom is -0.465 e. The number of hydrogen-bond donors (Lipinski definition) is 1. The normalized spacial score (nSPS) is 22.3. The number of thiophene rings is 1. The minimum absolute atomic E-state index is 0.0660. The number of hydrogen-bond acceptors (Lipinski definition) is 7. The van der Waals surface area contributed by atoms with E-state index in [1.165, 1.54) is 44.8 Å². The molecule has 0 bridgehead atoms. The lowest BCUT2D eigenvalue weighted by Gasteiger charge is -2.42. The Morgan fingerprint density at radius 3 is 2.76 bits per heavy atom. The largest absolute Gasteiger partial charge is 0.465 e. The molecule has 0 spiro atoms. The molecule has 7 nitrogen and oxygen atoms in total. The van der Waals surface area contributed by atoms with E-state index >= 15 is 0 Å². The molecule has 1 aliphatic carbocycles. The summed E-state index contributed by atoms with van der Waals surface area (Å²) in [6.07, 6.45) is 5.48. The molecule has 0 saturated heterocycles. The zero-order valence-electron chi connectivity index (χ0n) is 17.7. The predicted molar refractivity (Wildman–Crippen MR) is 113 cm³/mol. The SMILES string of the molecule is COCCNS(=O)(=O)c1sc2c(c1C(=O)OC)CCN(C1CCCC(C)(C)C1)C2. The van der Waals surface area contributed by atoms with Crippen LogP contribution in [0.4, 0.5) is 0 Å². The number of nitrogens with one attached hydrogen (secondary N) is 1. The van der Waals surface area contributed by atoms with Gasteiger partial charge in [-0.15, -0.1) is 11.3 Å². The van der Waals surface area contributed by atoms with Crippen molar-refractivity contribution in [2.75, 3.05) is 33.9 Å². The van der Waals surface area contributed by atoms with Crippen LogP contribution in [0.1, 0.15) is 60.3 Å². The van der Waals surface area contributed by atoms with E-state index in [0.717, 1.165) is 23.4 Å². The Morgan fingerprint density at radius 2 is 2.10 bits per heavy atom. The van der Waals surface area contributed by atoms with Gasteiger partial charge in [-0.1, -0.05) is 20.3 Å². The number of nitrogens with zero attached hydrogens (tertiary/aromatic N) is 1. The number of fused-ring (bicyclic) bond motifs is 1. The Morgan fingerprint density at radius 1 is 1.34 bits per heavy atom. The minimum atomic E-state index is -3.80. The summed E-state index contributed by atoms with van der Waals surface area (Å²) in [4.78, 5) is 15.9. The smallest absolute Gasteiger partial charge is 0.340 e. The maximum absolute atomic E-state index is 12.9. The summed E-state index contributed by atoms with van der Waals surface area (Å²) in [7, 11) is -0.999. The van der Waals surface area contributed by atoms with Crippen LogP contribution in [0.2, 0.25) is 0 Å². The lowest BCUT2D eigenvalue weighted by molar-refractivity contribution is 0.0593. The van der Waals surface area contributed by atoms with E-state index in [2.05, 4.69) is 23.5 Å². The summed E-state index contributed by atoms with van der Waals surface area (Å²) in [6.45, 7) is 6.61. The molecule has 1 atom stereocenters. The summed E-state index contributed by atoms with van der Waals surface area (Å²) >= 11 is 1.20. The third kappa shape index (κ3) is 5.02. The molecule has 1 saturated carbocycles. The quantitative estimate of drug-likeness (QED) is 0.514. The third-order valence-corrected chi connectivity index (χ3v) is 9.18. The Labute approximate surface area is 177 Å². The second kappa shape index (κ2) is 9.01. The molecular weight excluding hydrogens is 412 g/mol. The molecule has 1 fully saturated rings. The molecule has 9 heteroatoms. The van der Waals surface area contributed by atoms with Crippen molar-refractivity contribution in [1.82, 2.24) is 9.62 Å². The van der Waals surface area contributed by atoms with E-state index in [1.54, 1.807) is 0 Å². The lowest BCUT2D eigenvalue weighted by atomic mass is 9.74. The lowest BCUT2D eigenvalue weighted by Crippen LogP contribution is -2.43. The van der Waals surface area contributed by atoms with Gasteiger partial charge in [0.2, 0.25) is 0 Å². The summed E-state index contributed by atoms with van der Waals surface area (Å²) in [5.74, 6) is -0.582. The molecule has 2 aliphatic rings. The fraction of sp³-hybridized carbons (Fsp3) is 0.750. The zero-order valence-corrected chi connectivity index (χ0v) is 19.4. The van der Waals surface area contributed by atoms with E-state index in [9.17, 15) is 13.2 Å². The first kappa shape index (κ1) is 22.7. The molecule has 1 aromatic rings. The molecule has 2 heterocycles. The first-order valence-electron chi connectivity index (χ1n) is 10.1. The number of rotatable bonds is 7. The Hall–Kier alpha value is -1.00. The number of carbonyl (C=O) groups is 1. The first-order chi connectivity index (χ1) is 13.7. The summed E-state index contributed by atoms with van der Waals surface area (Å²) in [6, 6.07) is 0.510. The van der Waals surface area contributed by atoms with Crippen molar-refractivity contribution in [2.24, 2.45) is 5.41 Å². The van der Waals surface area contributed by atoms with Crippen molar-refractivity contribution in [3.05, 3.63) is 16.0 Å². The average molecular weight is 445 g/mol. The van der Waals surface area contributed by atoms with Gasteiger partial charge in [0.05, 0.1) is 19.3 Å². The highest BCUT2D eigenvalue weighted by Gasteiger charge is 2.37. The predicted octanol–water partition coefficient (Wildman–Crippen LogP) is 2.79. The molecule has 0 amide bonds. The molecule has 164 valence electrons. The van der Waals surface area contributed by atoms with Gasteiger partial charge >= 0.3 is 5.97 Å². The van der Waals surface area contributed by atoms with Crippen molar-refractivity contribution in [1.29, 1.82) is 0 Å². The van der Waals surface area contributed by atoms with Crippen LogP contribution in [0.5, 0.6) is 0 Å². The molecule has 1 aromatic heterocycles. The van der Waals surface area contributed by atoms with E-state index < -0.39 is 16.0 Å². The zero-order chi connectivity index (χ0) is 21.2.